The number of carbonyl (C=O) groups is 1. The minimum atomic E-state index is -0.176. The molecular weight excluding hydrogens is 350 g/mol. The van der Waals surface area contributed by atoms with E-state index in [-0.39, 0.29) is 5.91 Å². The predicted molar refractivity (Wildman–Crippen MR) is 113 cm³/mol. The number of nitrogens with zero attached hydrogens (tertiary/aromatic N) is 4. The van der Waals surface area contributed by atoms with E-state index in [1.165, 1.54) is 37.8 Å². The maximum atomic E-state index is 12.5. The molecule has 28 heavy (non-hydrogen) atoms. The number of amides is 1. The van der Waals surface area contributed by atoms with Gasteiger partial charge in [-0.1, -0.05) is 6.92 Å². The molecule has 1 aromatic carbocycles. The number of anilines is 3. The normalized spacial score (nSPS) is 18.2. The van der Waals surface area contributed by atoms with Crippen molar-refractivity contribution in [3.05, 3.63) is 42.2 Å². The van der Waals surface area contributed by atoms with Crippen LogP contribution in [0.4, 0.5) is 17.3 Å². The second-order valence-corrected chi connectivity index (χ2v) is 7.99. The molecule has 1 amide bonds. The van der Waals surface area contributed by atoms with Crippen molar-refractivity contribution in [2.45, 2.75) is 39.0 Å². The summed E-state index contributed by atoms with van der Waals surface area (Å²) in [7, 11) is 0. The van der Waals surface area contributed by atoms with Crippen LogP contribution in [0.1, 0.15) is 49.4 Å². The molecule has 0 aliphatic carbocycles. The molecule has 4 rings (SSSR count). The van der Waals surface area contributed by atoms with E-state index in [9.17, 15) is 4.79 Å². The molecular formula is C22H29N5O. The maximum absolute atomic E-state index is 12.5. The van der Waals surface area contributed by atoms with Crippen LogP contribution >= 0.6 is 0 Å². The Morgan fingerprint density at radius 2 is 1.57 bits per heavy atom. The van der Waals surface area contributed by atoms with Crippen LogP contribution in [0.15, 0.2) is 36.7 Å². The van der Waals surface area contributed by atoms with Crippen molar-refractivity contribution in [3.8, 4) is 0 Å². The Balaban J connectivity index is 1.35. The molecule has 0 spiro atoms. The topological polar surface area (TPSA) is 61.4 Å². The molecule has 1 aromatic heterocycles. The third kappa shape index (κ3) is 4.43. The zero-order chi connectivity index (χ0) is 19.3. The standard InChI is InChI=1S/C22H29N5O/c1-17-9-13-27(14-10-17)22-23-15-18(16-24-22)21(28)25-19-5-7-20(8-6-19)26-11-3-2-4-12-26/h5-8,15-17H,2-4,9-14H2,1H3,(H,25,28). The number of piperidine rings is 2. The fraction of sp³-hybridized carbons (Fsp3) is 0.500. The number of aromatic nitrogens is 2. The monoisotopic (exact) mass is 379 g/mol. The zero-order valence-corrected chi connectivity index (χ0v) is 16.6. The van der Waals surface area contributed by atoms with Crippen LogP contribution in [0.5, 0.6) is 0 Å². The third-order valence-electron chi connectivity index (χ3n) is 5.81. The van der Waals surface area contributed by atoms with Crippen LogP contribution in [0.2, 0.25) is 0 Å². The molecule has 0 radical (unpaired) electrons. The Hall–Kier alpha value is -2.63. The van der Waals surface area contributed by atoms with E-state index in [0.717, 1.165) is 37.8 Å². The number of hydrogen-bond acceptors (Lipinski definition) is 5. The molecule has 3 heterocycles. The van der Waals surface area contributed by atoms with E-state index in [2.05, 4.69) is 44.1 Å². The van der Waals surface area contributed by atoms with Crippen LogP contribution in [0, 0.1) is 5.92 Å². The molecule has 0 bridgehead atoms. The molecule has 6 nitrogen and oxygen atoms in total. The van der Waals surface area contributed by atoms with Crippen molar-refractivity contribution in [2.75, 3.05) is 41.3 Å². The lowest BCUT2D eigenvalue weighted by Gasteiger charge is -2.30. The smallest absolute Gasteiger partial charge is 0.258 e. The second kappa shape index (κ2) is 8.59. The summed E-state index contributed by atoms with van der Waals surface area (Å²) in [5, 5.41) is 2.94. The summed E-state index contributed by atoms with van der Waals surface area (Å²) in [5.74, 6) is 1.31. The van der Waals surface area contributed by atoms with Gasteiger partial charge in [0.05, 0.1) is 5.56 Å². The first kappa shape index (κ1) is 18.7. The molecule has 0 saturated carbocycles. The molecule has 0 unspecified atom stereocenters. The summed E-state index contributed by atoms with van der Waals surface area (Å²) in [6.45, 7) is 6.48. The Bertz CT molecular complexity index is 776. The Morgan fingerprint density at radius 1 is 0.929 bits per heavy atom. The average Bonchev–Trinajstić information content (AvgIpc) is 2.75. The number of rotatable bonds is 4. The van der Waals surface area contributed by atoms with Crippen LogP contribution < -0.4 is 15.1 Å². The van der Waals surface area contributed by atoms with Gasteiger partial charge in [-0.25, -0.2) is 9.97 Å². The van der Waals surface area contributed by atoms with Gasteiger partial charge in [0.15, 0.2) is 0 Å². The first-order chi connectivity index (χ1) is 13.7. The van der Waals surface area contributed by atoms with E-state index in [0.29, 0.717) is 11.5 Å². The fourth-order valence-electron chi connectivity index (χ4n) is 3.92. The fourth-order valence-corrected chi connectivity index (χ4v) is 3.92. The molecule has 1 N–H and O–H groups in total. The van der Waals surface area contributed by atoms with Crippen molar-refractivity contribution >= 4 is 23.2 Å². The number of hydrogen-bond donors (Lipinski definition) is 1. The van der Waals surface area contributed by atoms with E-state index in [1.54, 1.807) is 12.4 Å². The van der Waals surface area contributed by atoms with Gasteiger partial charge in [0.1, 0.15) is 0 Å². The van der Waals surface area contributed by atoms with Gasteiger partial charge in [-0.05, 0) is 62.3 Å². The quantitative estimate of drug-likeness (QED) is 0.871. The number of carbonyl (C=O) groups excluding carboxylic acids is 1. The van der Waals surface area contributed by atoms with Crippen molar-refractivity contribution in [1.82, 2.24) is 9.97 Å². The summed E-state index contributed by atoms with van der Waals surface area (Å²) < 4.78 is 0. The van der Waals surface area contributed by atoms with Gasteiger partial charge in [0, 0.05) is 49.9 Å². The minimum Gasteiger partial charge on any atom is -0.372 e. The molecule has 2 fully saturated rings. The average molecular weight is 380 g/mol. The maximum Gasteiger partial charge on any atom is 0.258 e. The second-order valence-electron chi connectivity index (χ2n) is 7.99. The summed E-state index contributed by atoms with van der Waals surface area (Å²) in [5.41, 5.74) is 2.50. The van der Waals surface area contributed by atoms with Gasteiger partial charge >= 0.3 is 0 Å². The lowest BCUT2D eigenvalue weighted by molar-refractivity contribution is 0.102. The Labute approximate surface area is 167 Å². The summed E-state index contributed by atoms with van der Waals surface area (Å²) in [6, 6.07) is 8.09. The highest BCUT2D eigenvalue weighted by Gasteiger charge is 2.18. The largest absolute Gasteiger partial charge is 0.372 e. The van der Waals surface area contributed by atoms with Crippen molar-refractivity contribution in [3.63, 3.8) is 0 Å². The highest BCUT2D eigenvalue weighted by atomic mass is 16.1. The predicted octanol–water partition coefficient (Wildman–Crippen LogP) is 3.96. The zero-order valence-electron chi connectivity index (χ0n) is 16.6. The first-order valence-electron chi connectivity index (χ1n) is 10.4. The van der Waals surface area contributed by atoms with E-state index in [1.807, 2.05) is 12.1 Å². The SMILES string of the molecule is CC1CCN(c2ncc(C(=O)Nc3ccc(N4CCCCC4)cc3)cn2)CC1. The van der Waals surface area contributed by atoms with Gasteiger partial charge in [-0.15, -0.1) is 0 Å². The minimum absolute atomic E-state index is 0.176. The lowest BCUT2D eigenvalue weighted by atomic mass is 10.00. The van der Waals surface area contributed by atoms with Gasteiger partial charge in [-0.2, -0.15) is 0 Å². The van der Waals surface area contributed by atoms with Crippen molar-refractivity contribution in [1.29, 1.82) is 0 Å². The molecule has 2 aromatic rings. The molecule has 2 aliphatic rings. The van der Waals surface area contributed by atoms with Crippen LogP contribution in [-0.4, -0.2) is 42.1 Å². The molecule has 0 atom stereocenters. The summed E-state index contributed by atoms with van der Waals surface area (Å²) >= 11 is 0. The molecule has 2 saturated heterocycles. The molecule has 2 aliphatic heterocycles. The van der Waals surface area contributed by atoms with Crippen LogP contribution in [0.25, 0.3) is 0 Å². The summed E-state index contributed by atoms with van der Waals surface area (Å²) in [6.07, 6.45) is 9.41. The highest BCUT2D eigenvalue weighted by Crippen LogP contribution is 2.22. The summed E-state index contributed by atoms with van der Waals surface area (Å²) in [4.78, 5) is 25.9. The van der Waals surface area contributed by atoms with Crippen molar-refractivity contribution < 1.29 is 4.79 Å². The number of benzene rings is 1. The highest BCUT2D eigenvalue weighted by molar-refractivity contribution is 6.03. The third-order valence-corrected chi connectivity index (χ3v) is 5.81. The van der Waals surface area contributed by atoms with Gasteiger partial charge in [-0.3, -0.25) is 4.79 Å². The van der Waals surface area contributed by atoms with E-state index >= 15 is 0 Å². The first-order valence-corrected chi connectivity index (χ1v) is 10.4. The Morgan fingerprint density at radius 3 is 2.21 bits per heavy atom. The van der Waals surface area contributed by atoms with E-state index < -0.39 is 0 Å². The molecule has 148 valence electrons. The van der Waals surface area contributed by atoms with Gasteiger partial charge in [0.25, 0.3) is 5.91 Å². The Kier molecular flexibility index (Phi) is 5.74. The molecule has 6 heteroatoms. The van der Waals surface area contributed by atoms with Crippen LogP contribution in [-0.2, 0) is 0 Å². The number of nitrogens with one attached hydrogen (secondary N) is 1. The lowest BCUT2D eigenvalue weighted by Crippen LogP contribution is -2.34. The van der Waals surface area contributed by atoms with Crippen LogP contribution in [0.3, 0.4) is 0 Å². The van der Waals surface area contributed by atoms with Gasteiger partial charge in [0.2, 0.25) is 5.95 Å². The van der Waals surface area contributed by atoms with Gasteiger partial charge < -0.3 is 15.1 Å². The van der Waals surface area contributed by atoms with E-state index in [4.69, 9.17) is 0 Å². The van der Waals surface area contributed by atoms with Crippen molar-refractivity contribution in [2.24, 2.45) is 5.92 Å².